The fourth-order valence-electron chi connectivity index (χ4n) is 1.75. The Kier molecular flexibility index (Phi) is 2.48. The molecule has 0 saturated heterocycles. The van der Waals surface area contributed by atoms with Crippen molar-refractivity contribution in [2.45, 2.75) is 24.6 Å². The Morgan fingerprint density at radius 2 is 2.24 bits per heavy atom. The highest BCUT2D eigenvalue weighted by molar-refractivity contribution is 5.85. The van der Waals surface area contributed by atoms with Gasteiger partial charge in [0, 0.05) is 18.2 Å². The Morgan fingerprint density at radius 3 is 2.82 bits per heavy atom. The van der Waals surface area contributed by atoms with E-state index in [1.165, 1.54) is 6.20 Å². The first-order valence-corrected chi connectivity index (χ1v) is 4.86. The predicted octanol–water partition coefficient (Wildman–Crippen LogP) is 1.19. The molecule has 17 heavy (non-hydrogen) atoms. The standard InChI is InChI=1S/C10H9F3N2O2/c11-10(12,13)9(8(14)16)4-3-6-2-1-5-15-7(6)17-9/h1-2,5H,3-4H2,(H2,14,16). The number of nitrogens with zero attached hydrogens (tertiary/aromatic N) is 1. The van der Waals surface area contributed by atoms with Crippen LogP contribution in [0.25, 0.3) is 0 Å². The van der Waals surface area contributed by atoms with E-state index in [9.17, 15) is 18.0 Å². The molecule has 1 atom stereocenters. The lowest BCUT2D eigenvalue weighted by molar-refractivity contribution is -0.245. The van der Waals surface area contributed by atoms with Gasteiger partial charge in [-0.25, -0.2) is 4.98 Å². The van der Waals surface area contributed by atoms with Gasteiger partial charge in [0.25, 0.3) is 11.5 Å². The number of fused-ring (bicyclic) bond motifs is 1. The van der Waals surface area contributed by atoms with Gasteiger partial charge in [-0.2, -0.15) is 13.2 Å². The van der Waals surface area contributed by atoms with Gasteiger partial charge < -0.3 is 10.5 Å². The van der Waals surface area contributed by atoms with Crippen LogP contribution in [0, 0.1) is 0 Å². The first kappa shape index (κ1) is 11.7. The number of pyridine rings is 1. The molecule has 0 bridgehead atoms. The van der Waals surface area contributed by atoms with Crippen LogP contribution in [-0.2, 0) is 11.2 Å². The first-order chi connectivity index (χ1) is 7.87. The van der Waals surface area contributed by atoms with E-state index in [-0.39, 0.29) is 12.3 Å². The highest BCUT2D eigenvalue weighted by Gasteiger charge is 2.63. The maximum atomic E-state index is 12.9. The summed E-state index contributed by atoms with van der Waals surface area (Å²) in [5.41, 5.74) is 2.41. The van der Waals surface area contributed by atoms with E-state index in [2.05, 4.69) is 4.98 Å². The average Bonchev–Trinajstić information content (AvgIpc) is 2.26. The van der Waals surface area contributed by atoms with Crippen molar-refractivity contribution in [3.05, 3.63) is 23.9 Å². The Bertz CT molecular complexity index is 461. The lowest BCUT2D eigenvalue weighted by atomic mass is 9.91. The van der Waals surface area contributed by atoms with Crippen molar-refractivity contribution in [1.82, 2.24) is 4.98 Å². The molecule has 7 heteroatoms. The van der Waals surface area contributed by atoms with Gasteiger partial charge in [-0.05, 0) is 12.5 Å². The van der Waals surface area contributed by atoms with Crippen molar-refractivity contribution in [3.63, 3.8) is 0 Å². The van der Waals surface area contributed by atoms with Crippen molar-refractivity contribution in [2.75, 3.05) is 0 Å². The lowest BCUT2D eigenvalue weighted by Crippen LogP contribution is -2.61. The number of alkyl halides is 3. The minimum Gasteiger partial charge on any atom is -0.451 e. The molecule has 1 aliphatic rings. The second-order valence-electron chi connectivity index (χ2n) is 3.76. The second kappa shape index (κ2) is 3.61. The van der Waals surface area contributed by atoms with E-state index in [1.807, 2.05) is 0 Å². The molecule has 1 aromatic heterocycles. The summed E-state index contributed by atoms with van der Waals surface area (Å²) in [5, 5.41) is 0. The molecule has 0 aliphatic carbocycles. The molecule has 1 amide bonds. The minimum atomic E-state index is -4.85. The summed E-state index contributed by atoms with van der Waals surface area (Å²) >= 11 is 0. The zero-order valence-corrected chi connectivity index (χ0v) is 8.62. The van der Waals surface area contributed by atoms with E-state index in [0.29, 0.717) is 5.56 Å². The Hall–Kier alpha value is -1.79. The van der Waals surface area contributed by atoms with Crippen molar-refractivity contribution in [3.8, 4) is 5.88 Å². The van der Waals surface area contributed by atoms with Gasteiger partial charge >= 0.3 is 6.18 Å². The molecule has 92 valence electrons. The first-order valence-electron chi connectivity index (χ1n) is 4.86. The van der Waals surface area contributed by atoms with Crippen LogP contribution in [0.1, 0.15) is 12.0 Å². The number of carbonyl (C=O) groups excluding carboxylic acids is 1. The molecule has 0 radical (unpaired) electrons. The number of carbonyl (C=O) groups is 1. The molecular weight excluding hydrogens is 237 g/mol. The number of rotatable bonds is 1. The van der Waals surface area contributed by atoms with Crippen molar-refractivity contribution in [1.29, 1.82) is 0 Å². The maximum Gasteiger partial charge on any atom is 0.437 e. The molecule has 2 rings (SSSR count). The second-order valence-corrected chi connectivity index (χ2v) is 3.76. The number of halogens is 3. The molecular formula is C10H9F3N2O2. The van der Waals surface area contributed by atoms with Gasteiger partial charge in [-0.1, -0.05) is 6.07 Å². The molecule has 0 saturated carbocycles. The normalized spacial score (nSPS) is 23.7. The van der Waals surface area contributed by atoms with Crippen molar-refractivity contribution in [2.24, 2.45) is 5.73 Å². The summed E-state index contributed by atoms with van der Waals surface area (Å²) < 4.78 is 43.4. The van der Waals surface area contributed by atoms with E-state index in [4.69, 9.17) is 10.5 Å². The fraction of sp³-hybridized carbons (Fsp3) is 0.400. The molecule has 2 N–H and O–H groups in total. The third kappa shape index (κ3) is 1.71. The van der Waals surface area contributed by atoms with Crippen LogP contribution in [-0.4, -0.2) is 22.7 Å². The number of ether oxygens (including phenoxy) is 1. The highest BCUT2D eigenvalue weighted by Crippen LogP contribution is 2.41. The monoisotopic (exact) mass is 246 g/mol. The van der Waals surface area contributed by atoms with E-state index >= 15 is 0 Å². The molecule has 4 nitrogen and oxygen atoms in total. The number of nitrogens with two attached hydrogens (primary N) is 1. The summed E-state index contributed by atoms with van der Waals surface area (Å²) in [6.45, 7) is 0. The maximum absolute atomic E-state index is 12.9. The van der Waals surface area contributed by atoms with Crippen molar-refractivity contribution < 1.29 is 22.7 Å². The summed E-state index contributed by atoms with van der Waals surface area (Å²) in [6, 6.07) is 3.19. The van der Waals surface area contributed by atoms with Crippen LogP contribution in [0.15, 0.2) is 18.3 Å². The van der Waals surface area contributed by atoms with Crippen LogP contribution in [0.4, 0.5) is 13.2 Å². The quantitative estimate of drug-likeness (QED) is 0.809. The molecule has 0 fully saturated rings. The topological polar surface area (TPSA) is 65.2 Å². The summed E-state index contributed by atoms with van der Waals surface area (Å²) in [7, 11) is 0. The van der Waals surface area contributed by atoms with Gasteiger partial charge in [0.2, 0.25) is 5.88 Å². The predicted molar refractivity (Wildman–Crippen MR) is 51.2 cm³/mol. The highest BCUT2D eigenvalue weighted by atomic mass is 19.4. The Morgan fingerprint density at radius 1 is 1.53 bits per heavy atom. The lowest BCUT2D eigenvalue weighted by Gasteiger charge is -2.36. The number of hydrogen-bond acceptors (Lipinski definition) is 3. The van der Waals surface area contributed by atoms with Crippen LogP contribution in [0.3, 0.4) is 0 Å². The molecule has 0 aromatic carbocycles. The third-order valence-corrected chi connectivity index (χ3v) is 2.72. The summed E-state index contributed by atoms with van der Waals surface area (Å²) in [6.07, 6.45) is -4.03. The van der Waals surface area contributed by atoms with Gasteiger partial charge in [0.05, 0.1) is 0 Å². The van der Waals surface area contributed by atoms with Crippen LogP contribution in [0.5, 0.6) is 5.88 Å². The smallest absolute Gasteiger partial charge is 0.437 e. The van der Waals surface area contributed by atoms with E-state index in [1.54, 1.807) is 12.1 Å². The summed E-state index contributed by atoms with van der Waals surface area (Å²) in [4.78, 5) is 14.8. The number of aromatic nitrogens is 1. The fourth-order valence-corrected chi connectivity index (χ4v) is 1.75. The van der Waals surface area contributed by atoms with E-state index < -0.39 is 24.1 Å². The average molecular weight is 246 g/mol. The van der Waals surface area contributed by atoms with Gasteiger partial charge in [0.15, 0.2) is 0 Å². The van der Waals surface area contributed by atoms with Gasteiger partial charge in [-0.3, -0.25) is 4.79 Å². The van der Waals surface area contributed by atoms with Gasteiger partial charge in [0.1, 0.15) is 0 Å². The number of primary amides is 1. The number of aryl methyl sites for hydroxylation is 1. The zero-order chi connectivity index (χ0) is 12.7. The molecule has 2 heterocycles. The number of hydrogen-bond donors (Lipinski definition) is 1. The zero-order valence-electron chi connectivity index (χ0n) is 8.62. The van der Waals surface area contributed by atoms with Crippen molar-refractivity contribution >= 4 is 5.91 Å². The molecule has 1 aliphatic heterocycles. The minimum absolute atomic E-state index is 0.0472. The molecule has 0 spiro atoms. The van der Waals surface area contributed by atoms with Crippen LogP contribution in [0.2, 0.25) is 0 Å². The Balaban J connectivity index is 2.45. The summed E-state index contributed by atoms with van der Waals surface area (Å²) in [5.74, 6) is -1.73. The van der Waals surface area contributed by atoms with E-state index in [0.717, 1.165) is 0 Å². The Labute approximate surface area is 94.6 Å². The third-order valence-electron chi connectivity index (χ3n) is 2.72. The SMILES string of the molecule is NC(=O)C1(C(F)(F)F)CCc2cccnc2O1. The van der Waals surface area contributed by atoms with Gasteiger partial charge in [-0.15, -0.1) is 0 Å². The van der Waals surface area contributed by atoms with Crippen LogP contribution < -0.4 is 10.5 Å². The molecule has 1 unspecified atom stereocenters. The molecule has 1 aromatic rings. The number of amides is 1. The largest absolute Gasteiger partial charge is 0.451 e. The van der Waals surface area contributed by atoms with Crippen LogP contribution >= 0.6 is 0 Å².